The largest absolute Gasteiger partial charge is 0.339 e. The molecule has 0 saturated heterocycles. The second kappa shape index (κ2) is 5.30. The average molecular weight is 219 g/mol. The van der Waals surface area contributed by atoms with Crippen molar-refractivity contribution < 1.29 is 4.79 Å². The van der Waals surface area contributed by atoms with Gasteiger partial charge in [-0.2, -0.15) is 5.10 Å². The van der Waals surface area contributed by atoms with Crippen LogP contribution in [-0.4, -0.2) is 12.2 Å². The van der Waals surface area contributed by atoms with Crippen LogP contribution in [0.2, 0.25) is 0 Å². The molecule has 1 aromatic carbocycles. The number of hydrazone groups is 1. The molecule has 0 fully saturated rings. The lowest BCUT2D eigenvalue weighted by Crippen LogP contribution is -2.25. The van der Waals surface area contributed by atoms with Crippen LogP contribution in [0.3, 0.4) is 0 Å². The van der Waals surface area contributed by atoms with E-state index in [-0.39, 0.29) is 11.4 Å². The molecule has 0 aromatic heterocycles. The lowest BCUT2D eigenvalue weighted by molar-refractivity contribution is 0.252. The van der Waals surface area contributed by atoms with Crippen LogP contribution in [0.25, 0.3) is 0 Å². The summed E-state index contributed by atoms with van der Waals surface area (Å²) in [4.78, 5) is 11.4. The Hall–Kier alpha value is -1.84. The molecule has 4 heteroatoms. The molecular weight excluding hydrogens is 202 g/mol. The lowest BCUT2D eigenvalue weighted by Gasteiger charge is -2.10. The summed E-state index contributed by atoms with van der Waals surface area (Å²) in [5.41, 5.74) is 3.11. The number of carbonyl (C=O) groups is 1. The first-order chi connectivity index (χ1) is 7.47. The molecule has 0 heterocycles. The minimum Gasteiger partial charge on any atom is -0.307 e. The highest BCUT2D eigenvalue weighted by Gasteiger charge is 2.05. The molecule has 0 saturated carbocycles. The quantitative estimate of drug-likeness (QED) is 0.583. The van der Waals surface area contributed by atoms with Gasteiger partial charge in [0.25, 0.3) is 0 Å². The minimum absolute atomic E-state index is 0.0416. The summed E-state index contributed by atoms with van der Waals surface area (Å²) in [5, 5.41) is 6.52. The van der Waals surface area contributed by atoms with E-state index in [1.54, 1.807) is 6.21 Å². The molecule has 0 aliphatic rings. The summed E-state index contributed by atoms with van der Waals surface area (Å²) >= 11 is 0. The van der Waals surface area contributed by atoms with Crippen LogP contribution in [0, 0.1) is 5.41 Å². The summed E-state index contributed by atoms with van der Waals surface area (Å²) in [6, 6.07) is 8.88. The van der Waals surface area contributed by atoms with Gasteiger partial charge in [0.15, 0.2) is 0 Å². The Morgan fingerprint density at radius 1 is 1.25 bits per heavy atom. The van der Waals surface area contributed by atoms with E-state index in [1.165, 1.54) is 0 Å². The zero-order chi connectivity index (χ0) is 12.0. The molecule has 0 spiro atoms. The topological polar surface area (TPSA) is 53.5 Å². The highest BCUT2D eigenvalue weighted by Crippen LogP contribution is 2.07. The average Bonchev–Trinajstić information content (AvgIpc) is 2.17. The number of para-hydroxylation sites is 1. The molecule has 0 radical (unpaired) electrons. The number of carbonyl (C=O) groups excluding carboxylic acids is 1. The predicted molar refractivity (Wildman–Crippen MR) is 66.5 cm³/mol. The van der Waals surface area contributed by atoms with Crippen LogP contribution in [-0.2, 0) is 0 Å². The fraction of sp³-hybridized carbons (Fsp3) is 0.333. The fourth-order valence-corrected chi connectivity index (χ4v) is 0.965. The Morgan fingerprint density at radius 2 is 1.88 bits per heavy atom. The van der Waals surface area contributed by atoms with Gasteiger partial charge in [-0.3, -0.25) is 0 Å². The summed E-state index contributed by atoms with van der Waals surface area (Å²) in [6.07, 6.45) is 1.69. The van der Waals surface area contributed by atoms with Gasteiger partial charge in [0, 0.05) is 11.9 Å². The van der Waals surface area contributed by atoms with Crippen molar-refractivity contribution in [2.75, 3.05) is 5.32 Å². The number of amides is 2. The zero-order valence-corrected chi connectivity index (χ0v) is 9.82. The van der Waals surface area contributed by atoms with E-state index >= 15 is 0 Å². The molecule has 86 valence electrons. The standard InChI is InChI=1S/C12H17N3O/c1-12(2,3)9-13-15-11(16)14-10-7-5-4-6-8-10/h4-9H,1-3H3,(H2,14,15,16)/b13-9+. The first-order valence-corrected chi connectivity index (χ1v) is 5.14. The second-order valence-corrected chi connectivity index (χ2v) is 4.56. The number of hydrogen-bond donors (Lipinski definition) is 2. The molecule has 4 nitrogen and oxygen atoms in total. The monoisotopic (exact) mass is 219 g/mol. The van der Waals surface area contributed by atoms with Crippen molar-refractivity contribution in [1.82, 2.24) is 5.43 Å². The molecule has 1 rings (SSSR count). The molecule has 2 amide bonds. The van der Waals surface area contributed by atoms with Crippen molar-refractivity contribution in [1.29, 1.82) is 0 Å². The number of urea groups is 1. The van der Waals surface area contributed by atoms with Crippen LogP contribution in [0.4, 0.5) is 10.5 Å². The van der Waals surface area contributed by atoms with Gasteiger partial charge in [-0.15, -0.1) is 0 Å². The van der Waals surface area contributed by atoms with Crippen molar-refractivity contribution in [3.63, 3.8) is 0 Å². The fourth-order valence-electron chi connectivity index (χ4n) is 0.965. The predicted octanol–water partition coefficient (Wildman–Crippen LogP) is 2.84. The maximum absolute atomic E-state index is 11.4. The molecule has 0 bridgehead atoms. The van der Waals surface area contributed by atoms with E-state index in [2.05, 4.69) is 15.8 Å². The number of hydrogen-bond acceptors (Lipinski definition) is 2. The van der Waals surface area contributed by atoms with Crippen molar-refractivity contribution in [3.8, 4) is 0 Å². The minimum atomic E-state index is -0.341. The first-order valence-electron chi connectivity index (χ1n) is 5.14. The smallest absolute Gasteiger partial charge is 0.307 e. The third-order valence-electron chi connectivity index (χ3n) is 1.65. The van der Waals surface area contributed by atoms with Gasteiger partial charge in [0.2, 0.25) is 0 Å². The van der Waals surface area contributed by atoms with E-state index in [4.69, 9.17) is 0 Å². The van der Waals surface area contributed by atoms with Gasteiger partial charge in [0.1, 0.15) is 0 Å². The number of benzene rings is 1. The Kier molecular flexibility index (Phi) is 4.05. The lowest BCUT2D eigenvalue weighted by atomic mass is 9.99. The van der Waals surface area contributed by atoms with E-state index in [1.807, 2.05) is 51.1 Å². The van der Waals surface area contributed by atoms with E-state index in [9.17, 15) is 4.79 Å². The molecule has 0 aliphatic heterocycles. The Bertz CT molecular complexity index is 366. The molecule has 1 aromatic rings. The van der Waals surface area contributed by atoms with E-state index in [0.29, 0.717) is 0 Å². The van der Waals surface area contributed by atoms with Crippen LogP contribution < -0.4 is 10.7 Å². The van der Waals surface area contributed by atoms with Crippen LogP contribution >= 0.6 is 0 Å². The summed E-state index contributed by atoms with van der Waals surface area (Å²) in [5.74, 6) is 0. The van der Waals surface area contributed by atoms with Crippen LogP contribution in [0.15, 0.2) is 35.4 Å². The van der Waals surface area contributed by atoms with Gasteiger partial charge in [-0.25, -0.2) is 10.2 Å². The normalized spacial score (nSPS) is 11.4. The van der Waals surface area contributed by atoms with Gasteiger partial charge in [-0.1, -0.05) is 39.0 Å². The van der Waals surface area contributed by atoms with Gasteiger partial charge in [-0.05, 0) is 17.5 Å². The number of nitrogens with one attached hydrogen (secondary N) is 2. The van der Waals surface area contributed by atoms with E-state index in [0.717, 1.165) is 5.69 Å². The third-order valence-corrected chi connectivity index (χ3v) is 1.65. The molecule has 2 N–H and O–H groups in total. The first kappa shape index (κ1) is 12.2. The van der Waals surface area contributed by atoms with Gasteiger partial charge >= 0.3 is 6.03 Å². The summed E-state index contributed by atoms with van der Waals surface area (Å²) in [6.45, 7) is 6.02. The molecule has 0 atom stereocenters. The highest BCUT2D eigenvalue weighted by molar-refractivity contribution is 5.89. The zero-order valence-electron chi connectivity index (χ0n) is 9.82. The maximum atomic E-state index is 11.4. The van der Waals surface area contributed by atoms with Gasteiger partial charge in [0.05, 0.1) is 0 Å². The molecular formula is C12H17N3O. The summed E-state index contributed by atoms with van der Waals surface area (Å²) < 4.78 is 0. The van der Waals surface area contributed by atoms with Crippen LogP contribution in [0.1, 0.15) is 20.8 Å². The van der Waals surface area contributed by atoms with Crippen molar-refractivity contribution in [2.24, 2.45) is 10.5 Å². The maximum Gasteiger partial charge on any atom is 0.339 e. The Balaban J connectivity index is 2.41. The van der Waals surface area contributed by atoms with Crippen molar-refractivity contribution in [2.45, 2.75) is 20.8 Å². The molecule has 0 unspecified atom stereocenters. The molecule has 16 heavy (non-hydrogen) atoms. The van der Waals surface area contributed by atoms with Crippen molar-refractivity contribution in [3.05, 3.63) is 30.3 Å². The second-order valence-electron chi connectivity index (χ2n) is 4.56. The van der Waals surface area contributed by atoms with E-state index < -0.39 is 0 Å². The third kappa shape index (κ3) is 5.14. The van der Waals surface area contributed by atoms with Gasteiger partial charge < -0.3 is 5.32 Å². The Morgan fingerprint density at radius 3 is 2.44 bits per heavy atom. The number of rotatable bonds is 2. The Labute approximate surface area is 95.7 Å². The highest BCUT2D eigenvalue weighted by atomic mass is 16.2. The number of nitrogens with zero attached hydrogens (tertiary/aromatic N) is 1. The number of anilines is 1. The molecule has 0 aliphatic carbocycles. The SMILES string of the molecule is CC(C)(C)/C=N/NC(=O)Nc1ccccc1. The van der Waals surface area contributed by atoms with Crippen molar-refractivity contribution >= 4 is 17.9 Å². The van der Waals surface area contributed by atoms with Crippen LogP contribution in [0.5, 0.6) is 0 Å². The summed E-state index contributed by atoms with van der Waals surface area (Å²) in [7, 11) is 0.